The zero-order chi connectivity index (χ0) is 16.8. The van der Waals surface area contributed by atoms with Gasteiger partial charge in [0, 0.05) is 17.5 Å². The van der Waals surface area contributed by atoms with Crippen LogP contribution in [0.4, 0.5) is 5.69 Å². The van der Waals surface area contributed by atoms with Crippen LogP contribution >= 0.6 is 11.3 Å². The van der Waals surface area contributed by atoms with Crippen LogP contribution in [0.1, 0.15) is 45.5 Å². The van der Waals surface area contributed by atoms with Gasteiger partial charge in [-0.2, -0.15) is 0 Å². The Balaban J connectivity index is 1.75. The van der Waals surface area contributed by atoms with E-state index in [9.17, 15) is 9.59 Å². The van der Waals surface area contributed by atoms with Crippen molar-refractivity contribution in [1.82, 2.24) is 15.0 Å². The van der Waals surface area contributed by atoms with E-state index in [0.29, 0.717) is 10.8 Å². The number of aryl methyl sites for hydroxylation is 2. The molecule has 3 aromatic rings. The number of fused-ring (bicyclic) bond motifs is 1. The zero-order valence-corrected chi connectivity index (χ0v) is 14.2. The van der Waals surface area contributed by atoms with E-state index in [1.165, 1.54) is 17.5 Å². The molecule has 0 aromatic carbocycles. The molecule has 0 atom stereocenters. The van der Waals surface area contributed by atoms with Gasteiger partial charge in [-0.25, -0.2) is 9.97 Å². The van der Waals surface area contributed by atoms with E-state index >= 15 is 0 Å². The zero-order valence-electron chi connectivity index (χ0n) is 13.3. The molecule has 4 rings (SSSR count). The van der Waals surface area contributed by atoms with Gasteiger partial charge in [-0.15, -0.1) is 11.3 Å². The molecule has 1 saturated carbocycles. The predicted octanol–water partition coefficient (Wildman–Crippen LogP) is 3.13. The van der Waals surface area contributed by atoms with Crippen LogP contribution in [-0.2, 0) is 0 Å². The van der Waals surface area contributed by atoms with Gasteiger partial charge in [-0.05, 0) is 44.4 Å². The molecular weight excluding hydrogens is 324 g/mol. The number of hydrogen-bond acceptors (Lipinski definition) is 5. The van der Waals surface area contributed by atoms with Crippen molar-refractivity contribution in [2.75, 3.05) is 5.32 Å². The maximum atomic E-state index is 12.6. The SMILES string of the molecule is Cc1nc(C2CC2)nc2sc(C(=O)Nc3ccc[nH]c3=O)c(C)c12. The summed E-state index contributed by atoms with van der Waals surface area (Å²) < 4.78 is 0. The summed E-state index contributed by atoms with van der Waals surface area (Å²) in [6, 6.07) is 3.25. The summed E-state index contributed by atoms with van der Waals surface area (Å²) in [5.74, 6) is 1.06. The number of aromatic nitrogens is 3. The molecule has 1 aliphatic carbocycles. The average molecular weight is 340 g/mol. The lowest BCUT2D eigenvalue weighted by Crippen LogP contribution is -2.19. The van der Waals surface area contributed by atoms with E-state index in [1.54, 1.807) is 12.1 Å². The molecule has 0 unspecified atom stereocenters. The number of nitrogens with zero attached hydrogens (tertiary/aromatic N) is 2. The maximum Gasteiger partial charge on any atom is 0.271 e. The molecule has 3 heterocycles. The first kappa shape index (κ1) is 15.0. The van der Waals surface area contributed by atoms with Gasteiger partial charge in [0.1, 0.15) is 16.3 Å². The van der Waals surface area contributed by atoms with Crippen LogP contribution in [0.15, 0.2) is 23.1 Å². The number of amides is 1. The maximum absolute atomic E-state index is 12.6. The average Bonchev–Trinajstić information content (AvgIpc) is 3.34. The van der Waals surface area contributed by atoms with Gasteiger partial charge in [-0.1, -0.05) is 0 Å². The van der Waals surface area contributed by atoms with Crippen LogP contribution in [0.25, 0.3) is 10.2 Å². The summed E-state index contributed by atoms with van der Waals surface area (Å²) in [4.78, 5) is 37.5. The highest BCUT2D eigenvalue weighted by molar-refractivity contribution is 7.20. The third-order valence-corrected chi connectivity index (χ3v) is 5.39. The van der Waals surface area contributed by atoms with Crippen molar-refractivity contribution in [3.05, 3.63) is 50.6 Å². The fourth-order valence-corrected chi connectivity index (χ4v) is 3.93. The second-order valence-electron chi connectivity index (χ2n) is 6.04. The fraction of sp³-hybridized carbons (Fsp3) is 0.294. The van der Waals surface area contributed by atoms with E-state index in [0.717, 1.165) is 40.1 Å². The smallest absolute Gasteiger partial charge is 0.271 e. The van der Waals surface area contributed by atoms with Crippen LogP contribution in [-0.4, -0.2) is 20.9 Å². The molecule has 24 heavy (non-hydrogen) atoms. The summed E-state index contributed by atoms with van der Waals surface area (Å²) in [5.41, 5.74) is 1.68. The highest BCUT2D eigenvalue weighted by atomic mass is 32.1. The molecule has 122 valence electrons. The minimum atomic E-state index is -0.323. The summed E-state index contributed by atoms with van der Waals surface area (Å²) in [7, 11) is 0. The summed E-state index contributed by atoms with van der Waals surface area (Å²) in [6.07, 6.45) is 3.81. The second kappa shape index (κ2) is 5.52. The fourth-order valence-electron chi connectivity index (χ4n) is 2.80. The Morgan fingerprint density at radius 3 is 2.83 bits per heavy atom. The van der Waals surface area contributed by atoms with Crippen LogP contribution in [0.3, 0.4) is 0 Å². The first-order valence-corrected chi connectivity index (χ1v) is 8.63. The molecule has 3 aromatic heterocycles. The van der Waals surface area contributed by atoms with Crippen molar-refractivity contribution in [3.63, 3.8) is 0 Å². The molecule has 1 aliphatic rings. The van der Waals surface area contributed by atoms with Crippen LogP contribution < -0.4 is 10.9 Å². The summed E-state index contributed by atoms with van der Waals surface area (Å²) in [5, 5.41) is 3.62. The number of anilines is 1. The lowest BCUT2D eigenvalue weighted by Gasteiger charge is -2.03. The van der Waals surface area contributed by atoms with Gasteiger partial charge < -0.3 is 10.3 Å². The van der Waals surface area contributed by atoms with Crippen LogP contribution in [0, 0.1) is 13.8 Å². The number of nitrogens with one attached hydrogen (secondary N) is 2. The standard InChI is InChI=1S/C17H16N4O2S/c1-8-12-9(2)19-14(10-5-6-10)21-17(12)24-13(8)16(23)20-11-4-3-7-18-15(11)22/h3-4,7,10H,5-6H2,1-2H3,(H,18,22)(H,20,23). The highest BCUT2D eigenvalue weighted by Gasteiger charge is 2.28. The summed E-state index contributed by atoms with van der Waals surface area (Å²) >= 11 is 1.36. The predicted molar refractivity (Wildman–Crippen MR) is 93.9 cm³/mol. The molecule has 0 aliphatic heterocycles. The Labute approximate surface area is 142 Å². The minimum Gasteiger partial charge on any atom is -0.327 e. The van der Waals surface area contributed by atoms with Crippen molar-refractivity contribution in [2.45, 2.75) is 32.6 Å². The number of rotatable bonds is 3. The van der Waals surface area contributed by atoms with Crippen molar-refractivity contribution in [3.8, 4) is 0 Å². The largest absolute Gasteiger partial charge is 0.327 e. The third kappa shape index (κ3) is 2.50. The number of carbonyl (C=O) groups is 1. The van der Waals surface area contributed by atoms with E-state index in [-0.39, 0.29) is 17.2 Å². The van der Waals surface area contributed by atoms with E-state index in [1.807, 2.05) is 13.8 Å². The van der Waals surface area contributed by atoms with Crippen molar-refractivity contribution >= 4 is 33.1 Å². The first-order chi connectivity index (χ1) is 11.5. The molecule has 2 N–H and O–H groups in total. The molecule has 0 radical (unpaired) electrons. The quantitative estimate of drug-likeness (QED) is 0.767. The number of pyridine rings is 1. The number of carbonyl (C=O) groups excluding carboxylic acids is 1. The van der Waals surface area contributed by atoms with Crippen molar-refractivity contribution in [1.29, 1.82) is 0 Å². The monoisotopic (exact) mass is 340 g/mol. The van der Waals surface area contributed by atoms with Gasteiger partial charge >= 0.3 is 0 Å². The minimum absolute atomic E-state index is 0.237. The normalized spacial score (nSPS) is 14.1. The highest BCUT2D eigenvalue weighted by Crippen LogP contribution is 2.40. The van der Waals surface area contributed by atoms with Crippen LogP contribution in [0.2, 0.25) is 0 Å². The molecule has 6 nitrogen and oxygen atoms in total. The Morgan fingerprint density at radius 2 is 2.12 bits per heavy atom. The molecule has 0 bridgehead atoms. The van der Waals surface area contributed by atoms with Gasteiger partial charge in [-0.3, -0.25) is 9.59 Å². The van der Waals surface area contributed by atoms with Crippen molar-refractivity contribution in [2.24, 2.45) is 0 Å². The molecule has 0 spiro atoms. The molecular formula is C17H16N4O2S. The first-order valence-electron chi connectivity index (χ1n) is 7.81. The molecule has 7 heteroatoms. The third-order valence-electron chi connectivity index (χ3n) is 4.20. The summed E-state index contributed by atoms with van der Waals surface area (Å²) in [6.45, 7) is 3.86. The Hall–Kier alpha value is -2.54. The number of H-pyrrole nitrogens is 1. The number of aromatic amines is 1. The van der Waals surface area contributed by atoms with Gasteiger partial charge in [0.2, 0.25) is 0 Å². The Bertz CT molecular complexity index is 1020. The van der Waals surface area contributed by atoms with E-state index < -0.39 is 0 Å². The Morgan fingerprint density at radius 1 is 1.33 bits per heavy atom. The molecule has 1 fully saturated rings. The molecule has 1 amide bonds. The Kier molecular flexibility index (Phi) is 3.45. The second-order valence-corrected chi connectivity index (χ2v) is 7.04. The topological polar surface area (TPSA) is 87.7 Å². The van der Waals surface area contributed by atoms with Crippen molar-refractivity contribution < 1.29 is 4.79 Å². The van der Waals surface area contributed by atoms with Gasteiger partial charge in [0.15, 0.2) is 0 Å². The number of hydrogen-bond donors (Lipinski definition) is 2. The lowest BCUT2D eigenvalue weighted by molar-refractivity contribution is 0.103. The van der Waals surface area contributed by atoms with Gasteiger partial charge in [0.25, 0.3) is 11.5 Å². The van der Waals surface area contributed by atoms with E-state index in [4.69, 9.17) is 0 Å². The van der Waals surface area contributed by atoms with E-state index in [2.05, 4.69) is 20.3 Å². The van der Waals surface area contributed by atoms with Crippen LogP contribution in [0.5, 0.6) is 0 Å². The molecule has 0 saturated heterocycles. The van der Waals surface area contributed by atoms with Gasteiger partial charge in [0.05, 0.1) is 10.6 Å². The number of thiophene rings is 1. The lowest BCUT2D eigenvalue weighted by atomic mass is 10.1.